The maximum Gasteiger partial charge on any atom is 0.407 e. The Morgan fingerprint density at radius 2 is 1.49 bits per heavy atom. The molecule has 0 spiro atoms. The maximum atomic E-state index is 13.1. The fourth-order valence-corrected chi connectivity index (χ4v) is 4.93. The summed E-state index contributed by atoms with van der Waals surface area (Å²) in [6.45, 7) is 0.153. The summed E-state index contributed by atoms with van der Waals surface area (Å²) in [6.07, 6.45) is 1.93. The van der Waals surface area contributed by atoms with Crippen molar-refractivity contribution in [2.45, 2.75) is 31.2 Å². The summed E-state index contributed by atoms with van der Waals surface area (Å²) in [5.41, 5.74) is 4.69. The number of benzene rings is 3. The molecule has 3 N–H and O–H groups in total. The zero-order valence-electron chi connectivity index (χ0n) is 19.1. The van der Waals surface area contributed by atoms with Crippen LogP contribution in [-0.4, -0.2) is 35.7 Å². The summed E-state index contributed by atoms with van der Waals surface area (Å²) < 4.78 is 5.63. The van der Waals surface area contributed by atoms with Crippen molar-refractivity contribution in [3.05, 3.63) is 89.5 Å². The van der Waals surface area contributed by atoms with Gasteiger partial charge in [0.15, 0.2) is 0 Å². The number of carbonyl (C=O) groups is 3. The maximum absolute atomic E-state index is 13.1. The molecule has 2 aliphatic rings. The normalized spacial score (nSPS) is 15.3. The Labute approximate surface area is 203 Å². The average Bonchev–Trinajstić information content (AvgIpc) is 3.15. The summed E-state index contributed by atoms with van der Waals surface area (Å²) in [7, 11) is 0. The molecular weight excluding hydrogens is 444 g/mol. The second-order valence-electron chi connectivity index (χ2n) is 8.98. The van der Waals surface area contributed by atoms with E-state index in [-0.39, 0.29) is 29.7 Å². The number of fused-ring (bicyclic) bond motifs is 3. The van der Waals surface area contributed by atoms with Crippen molar-refractivity contribution in [1.29, 1.82) is 0 Å². The SMILES string of the molecule is O=C(NC(C(=O)Nc1ccccc1C(=O)O)C1CCC1)OCC1c2ccccc2-c2ccccc21. The number of para-hydroxylation sites is 1. The summed E-state index contributed by atoms with van der Waals surface area (Å²) in [4.78, 5) is 37.4. The highest BCUT2D eigenvalue weighted by Crippen LogP contribution is 2.44. The topological polar surface area (TPSA) is 105 Å². The minimum Gasteiger partial charge on any atom is -0.478 e. The van der Waals surface area contributed by atoms with E-state index < -0.39 is 24.0 Å². The third kappa shape index (κ3) is 4.49. The molecule has 0 aliphatic heterocycles. The lowest BCUT2D eigenvalue weighted by atomic mass is 9.79. The molecule has 2 aliphatic carbocycles. The van der Waals surface area contributed by atoms with Gasteiger partial charge in [0.2, 0.25) is 5.91 Å². The summed E-state index contributed by atoms with van der Waals surface area (Å²) >= 11 is 0. The predicted octanol–water partition coefficient (Wildman–Crippen LogP) is 5.03. The van der Waals surface area contributed by atoms with Crippen molar-refractivity contribution >= 4 is 23.7 Å². The Morgan fingerprint density at radius 1 is 0.886 bits per heavy atom. The Kier molecular flexibility index (Phi) is 6.23. The molecule has 7 nitrogen and oxygen atoms in total. The van der Waals surface area contributed by atoms with Gasteiger partial charge >= 0.3 is 12.1 Å². The van der Waals surface area contributed by atoms with Crippen molar-refractivity contribution in [3.8, 4) is 11.1 Å². The molecule has 0 radical (unpaired) electrons. The predicted molar refractivity (Wildman–Crippen MR) is 131 cm³/mol. The first-order valence-corrected chi connectivity index (χ1v) is 11.8. The molecule has 0 bridgehead atoms. The minimum atomic E-state index is -1.13. The number of amides is 2. The molecule has 35 heavy (non-hydrogen) atoms. The van der Waals surface area contributed by atoms with Crippen molar-refractivity contribution in [3.63, 3.8) is 0 Å². The molecule has 1 saturated carbocycles. The molecule has 0 saturated heterocycles. The first-order chi connectivity index (χ1) is 17.0. The van der Waals surface area contributed by atoms with E-state index >= 15 is 0 Å². The van der Waals surface area contributed by atoms with Crippen molar-refractivity contribution in [1.82, 2.24) is 5.32 Å². The monoisotopic (exact) mass is 470 g/mol. The number of anilines is 1. The minimum absolute atomic E-state index is 0.00523. The second kappa shape index (κ2) is 9.62. The number of hydrogen-bond donors (Lipinski definition) is 3. The fourth-order valence-electron chi connectivity index (χ4n) is 4.93. The van der Waals surface area contributed by atoms with Gasteiger partial charge in [-0.3, -0.25) is 4.79 Å². The van der Waals surface area contributed by atoms with Gasteiger partial charge < -0.3 is 20.5 Å². The van der Waals surface area contributed by atoms with Crippen LogP contribution in [0.5, 0.6) is 0 Å². The number of alkyl carbamates (subject to hydrolysis) is 1. The van der Waals surface area contributed by atoms with Gasteiger partial charge in [0.05, 0.1) is 11.3 Å². The lowest BCUT2D eigenvalue weighted by molar-refractivity contribution is -0.120. The van der Waals surface area contributed by atoms with E-state index in [1.807, 2.05) is 36.4 Å². The first-order valence-electron chi connectivity index (χ1n) is 11.8. The van der Waals surface area contributed by atoms with Gasteiger partial charge in [0.25, 0.3) is 0 Å². The zero-order valence-corrected chi connectivity index (χ0v) is 19.1. The summed E-state index contributed by atoms with van der Waals surface area (Å²) in [5.74, 6) is -1.68. The van der Waals surface area contributed by atoms with Crippen LogP contribution in [0.3, 0.4) is 0 Å². The molecule has 0 heterocycles. The zero-order chi connectivity index (χ0) is 24.4. The Balaban J connectivity index is 1.27. The Bertz CT molecular complexity index is 1240. The molecule has 3 aromatic carbocycles. The van der Waals surface area contributed by atoms with Crippen LogP contribution in [0.1, 0.15) is 46.7 Å². The number of aromatic carboxylic acids is 1. The third-order valence-electron chi connectivity index (χ3n) is 6.94. The van der Waals surface area contributed by atoms with Gasteiger partial charge in [-0.1, -0.05) is 67.1 Å². The highest BCUT2D eigenvalue weighted by molar-refractivity contribution is 6.03. The van der Waals surface area contributed by atoms with Crippen molar-refractivity contribution in [2.24, 2.45) is 5.92 Å². The van der Waals surface area contributed by atoms with Crippen LogP contribution in [0, 0.1) is 5.92 Å². The van der Waals surface area contributed by atoms with Crippen molar-refractivity contribution < 1.29 is 24.2 Å². The van der Waals surface area contributed by atoms with E-state index in [9.17, 15) is 19.5 Å². The number of ether oxygens (including phenoxy) is 1. The van der Waals surface area contributed by atoms with Crippen LogP contribution in [-0.2, 0) is 9.53 Å². The van der Waals surface area contributed by atoms with Gasteiger partial charge in [0, 0.05) is 5.92 Å². The largest absolute Gasteiger partial charge is 0.478 e. The third-order valence-corrected chi connectivity index (χ3v) is 6.94. The van der Waals surface area contributed by atoms with Crippen LogP contribution < -0.4 is 10.6 Å². The Hall–Kier alpha value is -4.13. The summed E-state index contributed by atoms with van der Waals surface area (Å²) in [5, 5.41) is 14.8. The van der Waals surface area contributed by atoms with Gasteiger partial charge in [-0.25, -0.2) is 9.59 Å². The molecule has 178 valence electrons. The molecule has 1 atom stereocenters. The summed E-state index contributed by atoms with van der Waals surface area (Å²) in [6, 6.07) is 21.6. The van der Waals surface area contributed by atoms with Gasteiger partial charge in [-0.15, -0.1) is 0 Å². The smallest absolute Gasteiger partial charge is 0.407 e. The van der Waals surface area contributed by atoms with E-state index in [1.54, 1.807) is 12.1 Å². The highest BCUT2D eigenvalue weighted by atomic mass is 16.5. The standard InChI is InChI=1S/C28H26N2O5/c31-26(29-24-15-6-5-14-22(24)27(32)33)25(17-8-7-9-17)30-28(34)35-16-23-20-12-3-1-10-18(20)19-11-2-4-13-21(19)23/h1-6,10-15,17,23,25H,7-9,16H2,(H,29,31)(H,30,34)(H,32,33). The van der Waals surface area contributed by atoms with Crippen molar-refractivity contribution in [2.75, 3.05) is 11.9 Å². The van der Waals surface area contributed by atoms with E-state index in [0.717, 1.165) is 41.5 Å². The molecule has 5 rings (SSSR count). The van der Waals surface area contributed by atoms with E-state index in [1.165, 1.54) is 12.1 Å². The molecule has 1 unspecified atom stereocenters. The Morgan fingerprint density at radius 3 is 2.09 bits per heavy atom. The van der Waals surface area contributed by atoms with Crippen LogP contribution in [0.15, 0.2) is 72.8 Å². The second-order valence-corrected chi connectivity index (χ2v) is 8.98. The number of hydrogen-bond acceptors (Lipinski definition) is 4. The molecule has 3 aromatic rings. The average molecular weight is 471 g/mol. The van der Waals surface area contributed by atoms with Gasteiger partial charge in [-0.2, -0.15) is 0 Å². The van der Waals surface area contributed by atoms with Gasteiger partial charge in [-0.05, 0) is 53.1 Å². The van der Waals surface area contributed by atoms with E-state index in [0.29, 0.717) is 0 Å². The highest BCUT2D eigenvalue weighted by Gasteiger charge is 2.35. The number of rotatable bonds is 7. The molecular formula is C28H26N2O5. The molecule has 7 heteroatoms. The van der Waals surface area contributed by atoms with Crippen LogP contribution >= 0.6 is 0 Å². The fraction of sp³-hybridized carbons (Fsp3) is 0.250. The molecule has 2 amide bonds. The first kappa shape index (κ1) is 22.7. The lowest BCUT2D eigenvalue weighted by Crippen LogP contribution is -2.50. The van der Waals surface area contributed by atoms with Gasteiger partial charge in [0.1, 0.15) is 12.6 Å². The number of carboxylic acid groups (broad SMARTS) is 1. The molecule has 1 fully saturated rings. The molecule has 0 aromatic heterocycles. The number of nitrogens with one attached hydrogen (secondary N) is 2. The van der Waals surface area contributed by atoms with E-state index in [2.05, 4.69) is 22.8 Å². The van der Waals surface area contributed by atoms with Crippen LogP contribution in [0.25, 0.3) is 11.1 Å². The van der Waals surface area contributed by atoms with Crippen LogP contribution in [0.4, 0.5) is 10.5 Å². The van der Waals surface area contributed by atoms with E-state index in [4.69, 9.17) is 4.74 Å². The van der Waals surface area contributed by atoms with Crippen LogP contribution in [0.2, 0.25) is 0 Å². The number of carboxylic acids is 1. The lowest BCUT2D eigenvalue weighted by Gasteiger charge is -2.33. The number of carbonyl (C=O) groups excluding carboxylic acids is 2. The quantitative estimate of drug-likeness (QED) is 0.449.